The Morgan fingerprint density at radius 1 is 0.972 bits per heavy atom. The first kappa shape index (κ1) is 24.5. The average Bonchev–Trinajstić information content (AvgIpc) is 3.22. The van der Waals surface area contributed by atoms with Gasteiger partial charge in [0.05, 0.1) is 15.7 Å². The molecule has 1 aromatic heterocycles. The molecule has 0 radical (unpaired) electrons. The molecule has 3 aliphatic rings. The number of hydroxylamine groups is 2. The fraction of sp³-hybridized carbons (Fsp3) is 0.417. The van der Waals surface area contributed by atoms with Crippen molar-refractivity contribution in [3.8, 4) is 0 Å². The molecule has 1 aromatic carbocycles. The van der Waals surface area contributed by atoms with Gasteiger partial charge >= 0.3 is 6.09 Å². The molecule has 10 nitrogen and oxygen atoms in total. The summed E-state index contributed by atoms with van der Waals surface area (Å²) in [7, 11) is 0. The van der Waals surface area contributed by atoms with Crippen molar-refractivity contribution in [2.24, 2.45) is 5.16 Å². The number of hydrogen-bond donors (Lipinski definition) is 1. The zero-order valence-electron chi connectivity index (χ0n) is 19.5. The minimum absolute atomic E-state index is 0.0458. The molecular formula is C24H26Cl2N6O4. The number of piperazine rings is 1. The van der Waals surface area contributed by atoms with Gasteiger partial charge in [-0.3, -0.25) is 10.1 Å². The fourth-order valence-corrected chi connectivity index (χ4v) is 5.12. The van der Waals surface area contributed by atoms with E-state index < -0.39 is 11.8 Å². The summed E-state index contributed by atoms with van der Waals surface area (Å²) < 4.78 is 0. The number of pyridine rings is 1. The maximum atomic E-state index is 13.5. The van der Waals surface area contributed by atoms with Crippen molar-refractivity contribution >= 4 is 52.5 Å². The highest BCUT2D eigenvalue weighted by atomic mass is 35.5. The molecule has 3 heterocycles. The molecule has 0 atom stereocenters. The second-order valence-corrected chi connectivity index (χ2v) is 9.69. The van der Waals surface area contributed by atoms with E-state index in [9.17, 15) is 9.59 Å². The summed E-state index contributed by atoms with van der Waals surface area (Å²) in [5.74, 6) is 0.278. The Morgan fingerprint density at radius 2 is 1.69 bits per heavy atom. The number of nitrogens with zero attached hydrogens (tertiary/aromatic N) is 5. The Labute approximate surface area is 218 Å². The van der Waals surface area contributed by atoms with Crippen LogP contribution in [0.4, 0.5) is 16.3 Å². The van der Waals surface area contributed by atoms with Crippen LogP contribution in [0, 0.1) is 0 Å². The molecule has 1 N–H and O–H groups in total. The van der Waals surface area contributed by atoms with Gasteiger partial charge in [0.2, 0.25) is 5.72 Å². The van der Waals surface area contributed by atoms with Crippen molar-refractivity contribution < 1.29 is 19.3 Å². The number of halogens is 2. The van der Waals surface area contributed by atoms with Gasteiger partial charge in [-0.2, -0.15) is 0 Å². The predicted octanol–water partition coefficient (Wildman–Crippen LogP) is 4.51. The van der Waals surface area contributed by atoms with Crippen LogP contribution >= 0.6 is 23.2 Å². The summed E-state index contributed by atoms with van der Waals surface area (Å²) in [6, 6.07) is 10.4. The molecule has 2 aliphatic heterocycles. The monoisotopic (exact) mass is 532 g/mol. The first-order chi connectivity index (χ1) is 17.5. The van der Waals surface area contributed by atoms with Crippen molar-refractivity contribution in [1.29, 1.82) is 0 Å². The van der Waals surface area contributed by atoms with E-state index >= 15 is 0 Å². The maximum Gasteiger partial charge on any atom is 0.436 e. The second kappa shape index (κ2) is 10.4. The number of aromatic nitrogens is 1. The lowest BCUT2D eigenvalue weighted by atomic mass is 9.91. The summed E-state index contributed by atoms with van der Waals surface area (Å²) in [5, 5.41) is 8.93. The van der Waals surface area contributed by atoms with Crippen LogP contribution in [0.3, 0.4) is 0 Å². The third-order valence-electron chi connectivity index (χ3n) is 6.58. The summed E-state index contributed by atoms with van der Waals surface area (Å²) >= 11 is 12.5. The second-order valence-electron chi connectivity index (χ2n) is 8.88. The van der Waals surface area contributed by atoms with Crippen molar-refractivity contribution in [2.75, 3.05) is 36.4 Å². The lowest BCUT2D eigenvalue weighted by Gasteiger charge is -2.39. The van der Waals surface area contributed by atoms with Crippen molar-refractivity contribution in [3.05, 3.63) is 52.6 Å². The minimum Gasteiger partial charge on any atom is -0.362 e. The lowest BCUT2D eigenvalue weighted by Crippen LogP contribution is -2.57. The minimum atomic E-state index is -0.996. The van der Waals surface area contributed by atoms with E-state index in [4.69, 9.17) is 32.9 Å². The van der Waals surface area contributed by atoms with Crippen molar-refractivity contribution in [3.63, 3.8) is 0 Å². The number of amides is 2. The average molecular weight is 533 g/mol. The van der Waals surface area contributed by atoms with Gasteiger partial charge in [-0.15, -0.1) is 5.06 Å². The number of amidine groups is 1. The molecular weight excluding hydrogens is 507 g/mol. The van der Waals surface area contributed by atoms with Gasteiger partial charge in [0.1, 0.15) is 5.82 Å². The number of rotatable bonds is 4. The third-order valence-corrected chi connectivity index (χ3v) is 7.21. The molecule has 1 aliphatic carbocycles. The van der Waals surface area contributed by atoms with Crippen LogP contribution in [-0.4, -0.2) is 64.7 Å². The Balaban J connectivity index is 1.29. The summed E-state index contributed by atoms with van der Waals surface area (Å²) in [6.07, 6.45) is 4.84. The molecule has 1 saturated heterocycles. The predicted molar refractivity (Wildman–Crippen MR) is 136 cm³/mol. The van der Waals surface area contributed by atoms with Gasteiger partial charge in [0.25, 0.3) is 11.7 Å². The summed E-state index contributed by atoms with van der Waals surface area (Å²) in [5.41, 5.74) is -0.597. The SMILES string of the molecule is O=C(Nc1ccccc1Cl)ON1C(C(=O)N2CCN(c3ncccc3Cl)CC2)=NOC12CCCCC2. The van der Waals surface area contributed by atoms with Crippen LogP contribution < -0.4 is 10.2 Å². The molecule has 1 spiro atoms. The smallest absolute Gasteiger partial charge is 0.362 e. The Morgan fingerprint density at radius 3 is 2.42 bits per heavy atom. The lowest BCUT2D eigenvalue weighted by molar-refractivity contribution is -0.225. The topological polar surface area (TPSA) is 99.6 Å². The van der Waals surface area contributed by atoms with E-state index in [1.807, 2.05) is 4.90 Å². The van der Waals surface area contributed by atoms with Crippen LogP contribution in [0.25, 0.3) is 0 Å². The van der Waals surface area contributed by atoms with Gasteiger partial charge in [-0.25, -0.2) is 9.78 Å². The Kier molecular flexibility index (Phi) is 7.06. The molecule has 2 aromatic rings. The highest BCUT2D eigenvalue weighted by Crippen LogP contribution is 2.39. The quantitative estimate of drug-likeness (QED) is 0.618. The highest BCUT2D eigenvalue weighted by molar-refractivity contribution is 6.38. The van der Waals surface area contributed by atoms with Gasteiger partial charge in [0, 0.05) is 45.2 Å². The van der Waals surface area contributed by atoms with E-state index in [1.165, 1.54) is 5.06 Å². The van der Waals surface area contributed by atoms with Crippen LogP contribution in [0.5, 0.6) is 0 Å². The first-order valence-corrected chi connectivity index (χ1v) is 12.7. The van der Waals surface area contributed by atoms with Gasteiger partial charge < -0.3 is 19.5 Å². The molecule has 0 unspecified atom stereocenters. The normalized spacial score (nSPS) is 19.1. The zero-order valence-corrected chi connectivity index (χ0v) is 21.0. The van der Waals surface area contributed by atoms with Gasteiger partial charge in [-0.1, -0.05) is 46.9 Å². The van der Waals surface area contributed by atoms with Gasteiger partial charge in [-0.05, 0) is 37.1 Å². The van der Waals surface area contributed by atoms with E-state index in [1.54, 1.807) is 47.5 Å². The number of para-hydroxylation sites is 1. The van der Waals surface area contributed by atoms with Gasteiger partial charge in [0.15, 0.2) is 0 Å². The van der Waals surface area contributed by atoms with E-state index in [0.717, 1.165) is 19.3 Å². The van der Waals surface area contributed by atoms with Crippen LogP contribution in [0.1, 0.15) is 32.1 Å². The zero-order chi connectivity index (χ0) is 25.1. The number of anilines is 2. The molecule has 2 amide bonds. The molecule has 5 rings (SSSR count). The first-order valence-electron chi connectivity index (χ1n) is 11.9. The molecule has 2 fully saturated rings. The van der Waals surface area contributed by atoms with E-state index in [0.29, 0.717) is 60.6 Å². The number of benzene rings is 1. The number of oxime groups is 1. The van der Waals surface area contributed by atoms with Crippen LogP contribution in [-0.2, 0) is 14.5 Å². The summed E-state index contributed by atoms with van der Waals surface area (Å²) in [6.45, 7) is 1.96. The number of carbonyl (C=O) groups excluding carboxylic acids is 2. The molecule has 36 heavy (non-hydrogen) atoms. The van der Waals surface area contributed by atoms with Crippen LogP contribution in [0.15, 0.2) is 47.8 Å². The van der Waals surface area contributed by atoms with Crippen molar-refractivity contribution in [1.82, 2.24) is 14.9 Å². The highest BCUT2D eigenvalue weighted by Gasteiger charge is 2.52. The number of hydrogen-bond acceptors (Lipinski definition) is 8. The van der Waals surface area contributed by atoms with Crippen molar-refractivity contribution in [2.45, 2.75) is 37.8 Å². The number of carbonyl (C=O) groups is 2. The van der Waals surface area contributed by atoms with Crippen LogP contribution in [0.2, 0.25) is 10.0 Å². The fourth-order valence-electron chi connectivity index (χ4n) is 4.70. The number of nitrogens with one attached hydrogen (secondary N) is 1. The van der Waals surface area contributed by atoms with E-state index in [2.05, 4.69) is 15.5 Å². The third kappa shape index (κ3) is 4.87. The molecule has 12 heteroatoms. The Hall–Kier alpha value is -3.24. The maximum absolute atomic E-state index is 13.5. The Bertz CT molecular complexity index is 1160. The molecule has 190 valence electrons. The standard InChI is InChI=1S/C24H26Cl2N6O4/c25-17-7-2-3-9-19(17)28-23(34)35-32-21(29-36-24(32)10-4-1-5-11-24)22(33)31-15-13-30(14-16-31)20-18(26)8-6-12-27-20/h2-3,6-9,12H,1,4-5,10-11,13-16H2,(H,28,34). The molecule has 1 saturated carbocycles. The largest absolute Gasteiger partial charge is 0.436 e. The molecule has 0 bridgehead atoms. The van der Waals surface area contributed by atoms with E-state index in [-0.39, 0.29) is 11.7 Å². The summed E-state index contributed by atoms with van der Waals surface area (Å²) in [4.78, 5) is 45.9.